The second-order valence-corrected chi connectivity index (χ2v) is 6.00. The summed E-state index contributed by atoms with van der Waals surface area (Å²) in [4.78, 5) is 2.71. The minimum absolute atomic E-state index is 0.686. The van der Waals surface area contributed by atoms with Gasteiger partial charge in [-0.2, -0.15) is 0 Å². The number of nitrogens with one attached hydrogen (secondary N) is 1. The quantitative estimate of drug-likeness (QED) is 0.717. The molecule has 2 heteroatoms. The SMILES string of the molecule is CCCCCCN1CC(C(C)C)NCCC1C. The van der Waals surface area contributed by atoms with Crippen molar-refractivity contribution in [2.75, 3.05) is 19.6 Å². The monoisotopic (exact) mass is 240 g/mol. The van der Waals surface area contributed by atoms with Gasteiger partial charge in [0.2, 0.25) is 0 Å². The van der Waals surface area contributed by atoms with Crippen LogP contribution in [0.3, 0.4) is 0 Å². The molecule has 2 atom stereocenters. The fourth-order valence-electron chi connectivity index (χ4n) is 2.66. The van der Waals surface area contributed by atoms with Gasteiger partial charge in [0.15, 0.2) is 0 Å². The van der Waals surface area contributed by atoms with Crippen molar-refractivity contribution >= 4 is 0 Å². The zero-order valence-electron chi connectivity index (χ0n) is 12.3. The van der Waals surface area contributed by atoms with Gasteiger partial charge in [0.05, 0.1) is 0 Å². The molecule has 0 radical (unpaired) electrons. The number of hydrogen-bond donors (Lipinski definition) is 1. The summed E-state index contributed by atoms with van der Waals surface area (Å²) in [5, 5.41) is 3.70. The summed E-state index contributed by atoms with van der Waals surface area (Å²) in [5.41, 5.74) is 0. The van der Waals surface area contributed by atoms with Crippen molar-refractivity contribution in [1.29, 1.82) is 0 Å². The molecule has 17 heavy (non-hydrogen) atoms. The maximum Gasteiger partial charge on any atom is 0.0218 e. The molecule has 2 nitrogen and oxygen atoms in total. The van der Waals surface area contributed by atoms with Gasteiger partial charge in [0.1, 0.15) is 0 Å². The largest absolute Gasteiger partial charge is 0.312 e. The average molecular weight is 240 g/mol. The normalized spacial score (nSPS) is 27.4. The molecular weight excluding hydrogens is 208 g/mol. The molecule has 1 N–H and O–H groups in total. The Morgan fingerprint density at radius 2 is 2.00 bits per heavy atom. The van der Waals surface area contributed by atoms with Crippen LogP contribution >= 0.6 is 0 Å². The highest BCUT2D eigenvalue weighted by Gasteiger charge is 2.23. The van der Waals surface area contributed by atoms with Crippen LogP contribution in [-0.4, -0.2) is 36.6 Å². The van der Waals surface area contributed by atoms with Crippen molar-refractivity contribution in [2.24, 2.45) is 5.92 Å². The Kier molecular flexibility index (Phi) is 7.14. The van der Waals surface area contributed by atoms with Gasteiger partial charge in [-0.05, 0) is 38.8 Å². The predicted molar refractivity (Wildman–Crippen MR) is 76.4 cm³/mol. The van der Waals surface area contributed by atoms with E-state index in [0.29, 0.717) is 6.04 Å². The molecule has 0 bridgehead atoms. The van der Waals surface area contributed by atoms with Gasteiger partial charge in [-0.1, -0.05) is 40.0 Å². The van der Waals surface area contributed by atoms with Gasteiger partial charge < -0.3 is 5.32 Å². The van der Waals surface area contributed by atoms with Gasteiger partial charge >= 0.3 is 0 Å². The summed E-state index contributed by atoms with van der Waals surface area (Å²) >= 11 is 0. The third kappa shape index (κ3) is 5.39. The number of hydrogen-bond acceptors (Lipinski definition) is 2. The molecule has 0 amide bonds. The minimum Gasteiger partial charge on any atom is -0.312 e. The highest BCUT2D eigenvalue weighted by Crippen LogP contribution is 2.14. The van der Waals surface area contributed by atoms with Gasteiger partial charge in [0.25, 0.3) is 0 Å². The van der Waals surface area contributed by atoms with Gasteiger partial charge in [-0.25, -0.2) is 0 Å². The van der Waals surface area contributed by atoms with Crippen LogP contribution < -0.4 is 5.32 Å². The topological polar surface area (TPSA) is 15.3 Å². The molecule has 1 heterocycles. The first kappa shape index (κ1) is 15.0. The van der Waals surface area contributed by atoms with Crippen LogP contribution in [0.2, 0.25) is 0 Å². The van der Waals surface area contributed by atoms with Crippen molar-refractivity contribution in [1.82, 2.24) is 10.2 Å². The highest BCUT2D eigenvalue weighted by atomic mass is 15.2. The van der Waals surface area contributed by atoms with Crippen molar-refractivity contribution in [3.8, 4) is 0 Å². The van der Waals surface area contributed by atoms with Crippen LogP contribution in [0.1, 0.15) is 59.8 Å². The summed E-state index contributed by atoms with van der Waals surface area (Å²) in [6.07, 6.45) is 6.82. The van der Waals surface area contributed by atoms with Crippen molar-refractivity contribution in [3.63, 3.8) is 0 Å². The molecule has 0 aromatic carbocycles. The standard InChI is InChI=1S/C15H32N2/c1-5-6-7-8-11-17-12-15(13(2)3)16-10-9-14(17)4/h13-16H,5-12H2,1-4H3. The molecule has 1 aliphatic rings. The second kappa shape index (κ2) is 8.10. The molecule has 1 rings (SSSR count). The van der Waals surface area contributed by atoms with E-state index in [1.807, 2.05) is 0 Å². The van der Waals surface area contributed by atoms with E-state index in [9.17, 15) is 0 Å². The number of rotatable bonds is 6. The van der Waals surface area contributed by atoms with E-state index in [4.69, 9.17) is 0 Å². The van der Waals surface area contributed by atoms with Gasteiger partial charge in [0, 0.05) is 18.6 Å². The Balaban J connectivity index is 2.36. The van der Waals surface area contributed by atoms with E-state index >= 15 is 0 Å². The predicted octanol–water partition coefficient (Wildman–Crippen LogP) is 3.28. The minimum atomic E-state index is 0.686. The molecular formula is C15H32N2. The zero-order chi connectivity index (χ0) is 12.7. The van der Waals surface area contributed by atoms with Gasteiger partial charge in [-0.15, -0.1) is 0 Å². The molecule has 2 unspecified atom stereocenters. The van der Waals surface area contributed by atoms with Gasteiger partial charge in [-0.3, -0.25) is 4.90 Å². The van der Waals surface area contributed by atoms with Crippen molar-refractivity contribution < 1.29 is 0 Å². The molecule has 0 saturated carbocycles. The smallest absolute Gasteiger partial charge is 0.0218 e. The summed E-state index contributed by atoms with van der Waals surface area (Å²) < 4.78 is 0. The fraction of sp³-hybridized carbons (Fsp3) is 1.00. The van der Waals surface area contributed by atoms with E-state index in [1.54, 1.807) is 0 Å². The van der Waals surface area contributed by atoms with E-state index in [1.165, 1.54) is 51.7 Å². The van der Waals surface area contributed by atoms with E-state index in [0.717, 1.165) is 12.0 Å². The van der Waals surface area contributed by atoms with Crippen LogP contribution in [0.25, 0.3) is 0 Å². The van der Waals surface area contributed by atoms with Crippen LogP contribution in [0, 0.1) is 5.92 Å². The summed E-state index contributed by atoms with van der Waals surface area (Å²) in [5.74, 6) is 0.749. The number of unbranched alkanes of at least 4 members (excludes halogenated alkanes) is 3. The lowest BCUT2D eigenvalue weighted by Gasteiger charge is -2.30. The maximum atomic E-state index is 3.70. The summed E-state index contributed by atoms with van der Waals surface area (Å²) in [6.45, 7) is 13.1. The first-order valence-electron chi connectivity index (χ1n) is 7.62. The van der Waals surface area contributed by atoms with Crippen molar-refractivity contribution in [2.45, 2.75) is 71.9 Å². The number of nitrogens with zero attached hydrogens (tertiary/aromatic N) is 1. The third-order valence-corrected chi connectivity index (χ3v) is 4.13. The van der Waals surface area contributed by atoms with E-state index in [2.05, 4.69) is 37.9 Å². The summed E-state index contributed by atoms with van der Waals surface area (Å²) in [6, 6.07) is 1.44. The Labute approximate surface area is 108 Å². The Morgan fingerprint density at radius 1 is 1.24 bits per heavy atom. The van der Waals surface area contributed by atoms with Crippen LogP contribution in [0.15, 0.2) is 0 Å². The molecule has 0 spiro atoms. The lowest BCUT2D eigenvalue weighted by atomic mass is 10.0. The zero-order valence-corrected chi connectivity index (χ0v) is 12.3. The van der Waals surface area contributed by atoms with E-state index in [-0.39, 0.29) is 0 Å². The first-order valence-corrected chi connectivity index (χ1v) is 7.62. The average Bonchev–Trinajstić information content (AvgIpc) is 2.47. The lowest BCUT2D eigenvalue weighted by molar-refractivity contribution is 0.188. The van der Waals surface area contributed by atoms with E-state index < -0.39 is 0 Å². The van der Waals surface area contributed by atoms with Crippen molar-refractivity contribution in [3.05, 3.63) is 0 Å². The highest BCUT2D eigenvalue weighted by molar-refractivity contribution is 4.82. The molecule has 0 aliphatic carbocycles. The molecule has 0 aromatic heterocycles. The maximum absolute atomic E-state index is 3.70. The molecule has 1 saturated heterocycles. The third-order valence-electron chi connectivity index (χ3n) is 4.13. The molecule has 0 aromatic rings. The molecule has 1 fully saturated rings. The molecule has 1 aliphatic heterocycles. The Hall–Kier alpha value is -0.0800. The van der Waals surface area contributed by atoms with Crippen LogP contribution in [-0.2, 0) is 0 Å². The first-order chi connectivity index (χ1) is 8.15. The Morgan fingerprint density at radius 3 is 2.65 bits per heavy atom. The van der Waals surface area contributed by atoms with Crippen LogP contribution in [0.5, 0.6) is 0 Å². The lowest BCUT2D eigenvalue weighted by Crippen LogP contribution is -2.43. The molecule has 102 valence electrons. The summed E-state index contributed by atoms with van der Waals surface area (Å²) in [7, 11) is 0. The second-order valence-electron chi connectivity index (χ2n) is 6.00. The Bertz CT molecular complexity index is 191. The fourth-order valence-corrected chi connectivity index (χ4v) is 2.66. The van der Waals surface area contributed by atoms with Crippen LogP contribution in [0.4, 0.5) is 0 Å².